The Morgan fingerprint density at radius 1 is 1.53 bits per heavy atom. The Hall–Kier alpha value is -1.35. The lowest BCUT2D eigenvalue weighted by atomic mass is 10.2. The predicted molar refractivity (Wildman–Crippen MR) is 70.9 cm³/mol. The Kier molecular flexibility index (Phi) is 8.88. The fourth-order valence-electron chi connectivity index (χ4n) is 0.971. The van der Waals surface area contributed by atoms with Crippen molar-refractivity contribution >= 4 is 17.3 Å². The van der Waals surface area contributed by atoms with Gasteiger partial charge in [-0.25, -0.2) is 4.99 Å². The molecule has 1 atom stereocenters. The first-order valence-electron chi connectivity index (χ1n) is 5.50. The molecule has 0 radical (unpaired) electrons. The van der Waals surface area contributed by atoms with Gasteiger partial charge in [0, 0.05) is 17.6 Å². The van der Waals surface area contributed by atoms with Crippen molar-refractivity contribution < 1.29 is 13.2 Å². The maximum atomic E-state index is 11.7. The van der Waals surface area contributed by atoms with Gasteiger partial charge in [0.05, 0.1) is 5.51 Å². The van der Waals surface area contributed by atoms with Gasteiger partial charge in [-0.2, -0.15) is 13.2 Å². The van der Waals surface area contributed by atoms with Gasteiger partial charge < -0.3 is 16.8 Å². The quantitative estimate of drug-likeness (QED) is 0.578. The monoisotopic (exact) mass is 297 g/mol. The minimum absolute atomic E-state index is 0.0722. The van der Waals surface area contributed by atoms with Crippen molar-refractivity contribution in [1.29, 1.82) is 0 Å². The summed E-state index contributed by atoms with van der Waals surface area (Å²) in [6, 6.07) is -0.0722. The van der Waals surface area contributed by atoms with E-state index in [0.29, 0.717) is 13.0 Å². The van der Waals surface area contributed by atoms with Crippen molar-refractivity contribution in [1.82, 2.24) is 10.3 Å². The van der Waals surface area contributed by atoms with Crippen molar-refractivity contribution in [3.05, 3.63) is 17.1 Å². The number of aliphatic imine (C=N–C) groups is 1. The third-order valence-corrected chi connectivity index (χ3v) is 2.29. The minimum Gasteiger partial charge on any atom is -0.370 e. The highest BCUT2D eigenvalue weighted by Gasteiger charge is 2.26. The van der Waals surface area contributed by atoms with Gasteiger partial charge in [0.15, 0.2) is 5.96 Å². The lowest BCUT2D eigenvalue weighted by molar-refractivity contribution is -0.118. The van der Waals surface area contributed by atoms with E-state index in [-0.39, 0.29) is 12.0 Å². The number of nitrogens with two attached hydrogens (primary N) is 2. The Labute approximate surface area is 113 Å². The van der Waals surface area contributed by atoms with Gasteiger partial charge in [-0.05, 0) is 19.9 Å². The molecule has 0 aliphatic heterocycles. The zero-order chi connectivity index (χ0) is 14.7. The van der Waals surface area contributed by atoms with Crippen molar-refractivity contribution in [2.45, 2.75) is 25.6 Å². The molecule has 0 aromatic carbocycles. The Morgan fingerprint density at radius 3 is 2.58 bits per heavy atom. The van der Waals surface area contributed by atoms with E-state index in [2.05, 4.69) is 15.3 Å². The zero-order valence-electron chi connectivity index (χ0n) is 10.5. The number of rotatable bonds is 4. The first kappa shape index (κ1) is 17.6. The number of thiazole rings is 1. The van der Waals surface area contributed by atoms with Gasteiger partial charge in [-0.1, -0.05) is 0 Å². The van der Waals surface area contributed by atoms with Gasteiger partial charge in [0.25, 0.3) is 0 Å². The van der Waals surface area contributed by atoms with E-state index < -0.39 is 12.7 Å². The maximum absolute atomic E-state index is 11.7. The number of nitrogens with zero attached hydrogens (tertiary/aromatic N) is 2. The molecule has 1 aromatic heterocycles. The van der Waals surface area contributed by atoms with E-state index >= 15 is 0 Å². The molecule has 0 aliphatic rings. The summed E-state index contributed by atoms with van der Waals surface area (Å²) in [4.78, 5) is 6.88. The number of guanidine groups is 1. The molecule has 5 nitrogen and oxygen atoms in total. The highest BCUT2D eigenvalue weighted by molar-refractivity contribution is 7.07. The molecule has 0 saturated heterocycles. The molecular weight excluding hydrogens is 279 g/mol. The number of halogens is 3. The molecule has 0 spiro atoms. The van der Waals surface area contributed by atoms with E-state index in [4.69, 9.17) is 11.5 Å². The van der Waals surface area contributed by atoms with Crippen LogP contribution in [0.5, 0.6) is 0 Å². The predicted octanol–water partition coefficient (Wildman–Crippen LogP) is 1.33. The molecule has 1 heterocycles. The molecule has 0 saturated carbocycles. The third kappa shape index (κ3) is 12.9. The molecule has 0 bridgehead atoms. The van der Waals surface area contributed by atoms with Gasteiger partial charge in [-0.15, -0.1) is 11.3 Å². The average molecular weight is 297 g/mol. The lowest BCUT2D eigenvalue weighted by Crippen LogP contribution is -2.40. The standard InChI is InChI=1S/C7H15F3N4.C3H3NS/c1-5(2-3-11)14-6(12)13-4-7(8,9)10;1-2-5-3-4-1/h5H,2-4,11H2,1H3,(H3,12,13,14);1-3H. The van der Waals surface area contributed by atoms with E-state index in [1.165, 1.54) is 0 Å². The second kappa shape index (κ2) is 9.56. The van der Waals surface area contributed by atoms with E-state index in [1.54, 1.807) is 30.0 Å². The van der Waals surface area contributed by atoms with Crippen molar-refractivity contribution in [3.63, 3.8) is 0 Å². The second-order valence-electron chi connectivity index (χ2n) is 3.62. The number of hydrogen-bond acceptors (Lipinski definition) is 4. The lowest BCUT2D eigenvalue weighted by Gasteiger charge is -2.13. The molecule has 0 amide bonds. The van der Waals surface area contributed by atoms with Crippen LogP contribution in [0.25, 0.3) is 0 Å². The summed E-state index contributed by atoms with van der Waals surface area (Å²) in [6.07, 6.45) is -1.92. The Morgan fingerprint density at radius 2 is 2.21 bits per heavy atom. The van der Waals surface area contributed by atoms with Crippen LogP contribution in [0.2, 0.25) is 0 Å². The summed E-state index contributed by atoms with van der Waals surface area (Å²) in [5.41, 5.74) is 12.2. The van der Waals surface area contributed by atoms with Crippen LogP contribution < -0.4 is 16.8 Å². The van der Waals surface area contributed by atoms with Crippen molar-refractivity contribution in [2.24, 2.45) is 16.5 Å². The highest BCUT2D eigenvalue weighted by Crippen LogP contribution is 2.13. The number of hydrogen-bond donors (Lipinski definition) is 3. The molecule has 1 unspecified atom stereocenters. The summed E-state index contributed by atoms with van der Waals surface area (Å²) in [7, 11) is 0. The Balaban J connectivity index is 0.000000532. The fraction of sp³-hybridized carbons (Fsp3) is 0.600. The molecule has 5 N–H and O–H groups in total. The van der Waals surface area contributed by atoms with Crippen LogP contribution in [-0.4, -0.2) is 36.3 Å². The molecule has 0 fully saturated rings. The summed E-state index contributed by atoms with van der Waals surface area (Å²) < 4.78 is 35.1. The zero-order valence-corrected chi connectivity index (χ0v) is 11.3. The molecule has 9 heteroatoms. The maximum Gasteiger partial charge on any atom is 0.408 e. The Bertz CT molecular complexity index is 322. The smallest absolute Gasteiger partial charge is 0.370 e. The largest absolute Gasteiger partial charge is 0.408 e. The molecule has 0 aliphatic carbocycles. The average Bonchev–Trinajstić information content (AvgIpc) is 2.84. The molecular formula is C10H18F3N5S. The number of aromatic nitrogens is 1. The van der Waals surface area contributed by atoms with E-state index in [9.17, 15) is 13.2 Å². The molecule has 1 rings (SSSR count). The number of nitrogens with one attached hydrogen (secondary N) is 1. The topological polar surface area (TPSA) is 89.3 Å². The van der Waals surface area contributed by atoms with Gasteiger partial charge in [0.2, 0.25) is 0 Å². The molecule has 110 valence electrons. The molecule has 19 heavy (non-hydrogen) atoms. The van der Waals surface area contributed by atoms with Crippen LogP contribution >= 0.6 is 11.3 Å². The normalized spacial score (nSPS) is 13.4. The summed E-state index contributed by atoms with van der Waals surface area (Å²) in [5.74, 6) is -0.205. The summed E-state index contributed by atoms with van der Waals surface area (Å²) >= 11 is 1.60. The second-order valence-corrected chi connectivity index (χ2v) is 4.37. The van der Waals surface area contributed by atoms with Crippen LogP contribution in [0.1, 0.15) is 13.3 Å². The number of alkyl halides is 3. The molecule has 1 aromatic rings. The van der Waals surface area contributed by atoms with Gasteiger partial charge in [-0.3, -0.25) is 4.98 Å². The van der Waals surface area contributed by atoms with Gasteiger partial charge in [0.1, 0.15) is 6.54 Å². The highest BCUT2D eigenvalue weighted by atomic mass is 32.1. The van der Waals surface area contributed by atoms with Crippen molar-refractivity contribution in [3.8, 4) is 0 Å². The first-order chi connectivity index (χ1) is 8.85. The minimum atomic E-state index is -4.32. The van der Waals surface area contributed by atoms with Gasteiger partial charge >= 0.3 is 6.18 Å². The SMILES string of the molecule is CC(CCN)NC(N)=NCC(F)(F)F.c1cscn1. The van der Waals surface area contributed by atoms with Crippen LogP contribution in [0.4, 0.5) is 13.2 Å². The fourth-order valence-corrected chi connectivity index (χ4v) is 1.32. The van der Waals surface area contributed by atoms with Crippen LogP contribution in [0.3, 0.4) is 0 Å². The summed E-state index contributed by atoms with van der Waals surface area (Å²) in [6.45, 7) is 0.949. The first-order valence-corrected chi connectivity index (χ1v) is 6.45. The van der Waals surface area contributed by atoms with Crippen LogP contribution in [0.15, 0.2) is 22.1 Å². The van der Waals surface area contributed by atoms with E-state index in [1.807, 2.05) is 5.38 Å². The van der Waals surface area contributed by atoms with Crippen LogP contribution in [0, 0.1) is 0 Å². The summed E-state index contributed by atoms with van der Waals surface area (Å²) in [5, 5.41) is 4.53. The van der Waals surface area contributed by atoms with Crippen LogP contribution in [-0.2, 0) is 0 Å². The third-order valence-electron chi connectivity index (χ3n) is 1.77. The van der Waals surface area contributed by atoms with E-state index in [0.717, 1.165) is 0 Å². The van der Waals surface area contributed by atoms with Crippen molar-refractivity contribution in [2.75, 3.05) is 13.1 Å².